The molecule has 1 aromatic carbocycles. The normalized spacial score (nSPS) is 18.2. The Morgan fingerprint density at radius 3 is 2.71 bits per heavy atom. The van der Waals surface area contributed by atoms with Gasteiger partial charge in [-0.3, -0.25) is 19.5 Å². The quantitative estimate of drug-likeness (QED) is 0.882. The van der Waals surface area contributed by atoms with Gasteiger partial charge in [-0.2, -0.15) is 0 Å². The number of nitrogens with one attached hydrogen (secondary N) is 1. The number of aromatic amines is 1. The second-order valence-corrected chi connectivity index (χ2v) is 5.36. The van der Waals surface area contributed by atoms with Crippen LogP contribution in [0.5, 0.6) is 0 Å². The fourth-order valence-electron chi connectivity index (χ4n) is 2.42. The minimum atomic E-state index is -0.277. The van der Waals surface area contributed by atoms with Crippen molar-refractivity contribution in [2.24, 2.45) is 5.92 Å². The predicted molar refractivity (Wildman–Crippen MR) is 81.5 cm³/mol. The van der Waals surface area contributed by atoms with Crippen LogP contribution in [0.4, 0.5) is 5.95 Å². The first-order chi connectivity index (χ1) is 10.2. The van der Waals surface area contributed by atoms with Crippen molar-refractivity contribution in [2.75, 3.05) is 17.3 Å². The number of nitrogens with zero attached hydrogens (tertiary/aromatic N) is 2. The molecule has 0 aliphatic carbocycles. The van der Waals surface area contributed by atoms with Crippen molar-refractivity contribution >= 4 is 23.5 Å². The number of halogens is 1. The lowest BCUT2D eigenvalue weighted by Gasteiger charge is -2.15. The molecular formula is C15H14ClN3O2. The van der Waals surface area contributed by atoms with Crippen molar-refractivity contribution < 1.29 is 4.79 Å². The van der Waals surface area contributed by atoms with Crippen molar-refractivity contribution in [1.82, 2.24) is 9.97 Å². The molecule has 1 saturated heterocycles. The Kier molecular flexibility index (Phi) is 3.75. The molecule has 3 rings (SSSR count). The average Bonchev–Trinajstić information content (AvgIpc) is 2.89. The summed E-state index contributed by atoms with van der Waals surface area (Å²) in [7, 11) is 0. The molecule has 0 saturated carbocycles. The van der Waals surface area contributed by atoms with E-state index in [1.807, 2.05) is 30.3 Å². The number of carbonyl (C=O) groups excluding carboxylic acids is 1. The van der Waals surface area contributed by atoms with Gasteiger partial charge in [0.2, 0.25) is 11.9 Å². The summed E-state index contributed by atoms with van der Waals surface area (Å²) in [6.45, 7) is 0.490. The summed E-state index contributed by atoms with van der Waals surface area (Å²) in [6, 6.07) is 10.8. The number of H-pyrrole nitrogens is 1. The zero-order chi connectivity index (χ0) is 14.8. The first-order valence-corrected chi connectivity index (χ1v) is 7.24. The van der Waals surface area contributed by atoms with E-state index >= 15 is 0 Å². The van der Waals surface area contributed by atoms with Crippen LogP contribution in [0.15, 0.2) is 41.2 Å². The highest BCUT2D eigenvalue weighted by Gasteiger charge is 2.31. The topological polar surface area (TPSA) is 66.1 Å². The van der Waals surface area contributed by atoms with Crippen LogP contribution < -0.4 is 10.5 Å². The minimum absolute atomic E-state index is 0.0611. The van der Waals surface area contributed by atoms with E-state index in [0.717, 1.165) is 5.56 Å². The van der Waals surface area contributed by atoms with Crippen LogP contribution in [-0.2, 0) is 4.79 Å². The van der Waals surface area contributed by atoms with E-state index in [2.05, 4.69) is 9.97 Å². The molecule has 1 atom stereocenters. The maximum Gasteiger partial charge on any atom is 0.252 e. The zero-order valence-corrected chi connectivity index (χ0v) is 12.0. The second-order valence-electron chi connectivity index (χ2n) is 5.05. The van der Waals surface area contributed by atoms with Crippen molar-refractivity contribution in [1.29, 1.82) is 0 Å². The van der Waals surface area contributed by atoms with Crippen molar-refractivity contribution in [3.8, 4) is 11.3 Å². The Hall–Kier alpha value is -2.14. The van der Waals surface area contributed by atoms with E-state index in [-0.39, 0.29) is 17.4 Å². The van der Waals surface area contributed by atoms with Gasteiger partial charge in [0, 0.05) is 30.5 Å². The van der Waals surface area contributed by atoms with Crippen LogP contribution in [0.1, 0.15) is 6.42 Å². The number of aromatic nitrogens is 2. The summed E-state index contributed by atoms with van der Waals surface area (Å²) in [4.78, 5) is 32.4. The van der Waals surface area contributed by atoms with Crippen LogP contribution in [-0.4, -0.2) is 28.3 Å². The molecule has 1 unspecified atom stereocenters. The monoisotopic (exact) mass is 303 g/mol. The van der Waals surface area contributed by atoms with Crippen molar-refractivity contribution in [2.45, 2.75) is 6.42 Å². The number of alkyl halides is 1. The molecule has 0 spiro atoms. The maximum absolute atomic E-state index is 12.0. The largest absolute Gasteiger partial charge is 0.292 e. The van der Waals surface area contributed by atoms with E-state index in [0.29, 0.717) is 30.5 Å². The fourth-order valence-corrected chi connectivity index (χ4v) is 2.63. The lowest BCUT2D eigenvalue weighted by molar-refractivity contribution is -0.117. The Morgan fingerprint density at radius 2 is 2.05 bits per heavy atom. The van der Waals surface area contributed by atoms with Crippen LogP contribution in [0, 0.1) is 5.92 Å². The zero-order valence-electron chi connectivity index (χ0n) is 11.3. The van der Waals surface area contributed by atoms with E-state index in [4.69, 9.17) is 11.6 Å². The molecule has 1 aliphatic heterocycles. The minimum Gasteiger partial charge on any atom is -0.292 e. The number of benzene rings is 1. The number of anilines is 1. The molecule has 6 heteroatoms. The number of hydrogen-bond donors (Lipinski definition) is 1. The first-order valence-electron chi connectivity index (χ1n) is 6.70. The van der Waals surface area contributed by atoms with E-state index in [1.165, 1.54) is 11.0 Å². The molecule has 2 heterocycles. The molecule has 108 valence electrons. The van der Waals surface area contributed by atoms with Gasteiger partial charge in [0.25, 0.3) is 5.56 Å². The molecule has 1 aromatic heterocycles. The van der Waals surface area contributed by atoms with Crippen LogP contribution in [0.25, 0.3) is 11.3 Å². The van der Waals surface area contributed by atoms with Crippen LogP contribution in [0.2, 0.25) is 0 Å². The number of rotatable bonds is 3. The van der Waals surface area contributed by atoms with Gasteiger partial charge >= 0.3 is 0 Å². The van der Waals surface area contributed by atoms with Gasteiger partial charge in [0.05, 0.1) is 5.69 Å². The van der Waals surface area contributed by atoms with Gasteiger partial charge in [0.15, 0.2) is 0 Å². The lowest BCUT2D eigenvalue weighted by atomic mass is 10.1. The summed E-state index contributed by atoms with van der Waals surface area (Å²) in [5, 5.41) is 0. The molecule has 2 aromatic rings. The Balaban J connectivity index is 1.99. The molecule has 21 heavy (non-hydrogen) atoms. The molecule has 0 bridgehead atoms. The summed E-state index contributed by atoms with van der Waals surface area (Å²) in [5.41, 5.74) is 1.11. The van der Waals surface area contributed by atoms with Crippen molar-refractivity contribution in [3.63, 3.8) is 0 Å². The van der Waals surface area contributed by atoms with E-state index in [9.17, 15) is 9.59 Å². The average molecular weight is 304 g/mol. The molecule has 1 fully saturated rings. The third-order valence-electron chi connectivity index (χ3n) is 3.48. The summed E-state index contributed by atoms with van der Waals surface area (Å²) in [6.07, 6.45) is 0.392. The van der Waals surface area contributed by atoms with Gasteiger partial charge in [0.1, 0.15) is 0 Å². The van der Waals surface area contributed by atoms with Crippen LogP contribution in [0.3, 0.4) is 0 Å². The van der Waals surface area contributed by atoms with Crippen LogP contribution >= 0.6 is 11.6 Å². The predicted octanol–water partition coefficient (Wildman–Crippen LogP) is 2.03. The number of amides is 1. The third-order valence-corrected chi connectivity index (χ3v) is 3.91. The molecular weight excluding hydrogens is 290 g/mol. The maximum atomic E-state index is 12.0. The lowest BCUT2D eigenvalue weighted by Crippen LogP contribution is -2.29. The summed E-state index contributed by atoms with van der Waals surface area (Å²) < 4.78 is 0. The van der Waals surface area contributed by atoms with E-state index < -0.39 is 0 Å². The molecule has 1 aliphatic rings. The van der Waals surface area contributed by atoms with E-state index in [1.54, 1.807) is 0 Å². The smallest absolute Gasteiger partial charge is 0.252 e. The van der Waals surface area contributed by atoms with Crippen molar-refractivity contribution in [3.05, 3.63) is 46.8 Å². The highest BCUT2D eigenvalue weighted by molar-refractivity contribution is 6.18. The molecule has 1 amide bonds. The molecule has 1 N–H and O–H groups in total. The van der Waals surface area contributed by atoms with Gasteiger partial charge in [-0.05, 0) is 5.92 Å². The summed E-state index contributed by atoms with van der Waals surface area (Å²) >= 11 is 5.81. The SMILES string of the molecule is O=C1CC(CCl)CN1c1nc(-c2ccccc2)cc(=O)[nH]1. The standard InChI is InChI=1S/C15H14ClN3O2/c16-8-10-6-14(21)19(9-10)15-17-12(7-13(20)18-15)11-4-2-1-3-5-11/h1-5,7,10H,6,8-9H2,(H,17,18,20). The second kappa shape index (κ2) is 5.69. The highest BCUT2D eigenvalue weighted by Crippen LogP contribution is 2.24. The van der Waals surface area contributed by atoms with Gasteiger partial charge in [-0.15, -0.1) is 11.6 Å². The third kappa shape index (κ3) is 2.83. The van der Waals surface area contributed by atoms with Gasteiger partial charge in [-0.25, -0.2) is 4.98 Å². The Labute approximate surface area is 126 Å². The Bertz CT molecular complexity index is 714. The summed E-state index contributed by atoms with van der Waals surface area (Å²) in [5.74, 6) is 0.753. The van der Waals surface area contributed by atoms with Gasteiger partial charge < -0.3 is 0 Å². The molecule has 0 radical (unpaired) electrons. The number of hydrogen-bond acceptors (Lipinski definition) is 3. The highest BCUT2D eigenvalue weighted by atomic mass is 35.5. The molecule has 5 nitrogen and oxygen atoms in total. The fraction of sp³-hybridized carbons (Fsp3) is 0.267. The van der Waals surface area contributed by atoms with Gasteiger partial charge in [-0.1, -0.05) is 30.3 Å². The number of carbonyl (C=O) groups is 1. The first kappa shape index (κ1) is 13.8. The Morgan fingerprint density at radius 1 is 1.29 bits per heavy atom.